The van der Waals surface area contributed by atoms with E-state index in [0.717, 1.165) is 39.1 Å². The van der Waals surface area contributed by atoms with E-state index in [4.69, 9.17) is 0 Å². The summed E-state index contributed by atoms with van der Waals surface area (Å²) in [5, 5.41) is 0. The highest BCUT2D eigenvalue weighted by Gasteiger charge is 2.35. The van der Waals surface area contributed by atoms with Gasteiger partial charge in [-0.25, -0.2) is 0 Å². The van der Waals surface area contributed by atoms with Crippen LogP contribution in [-0.4, -0.2) is 72.5 Å². The van der Waals surface area contributed by atoms with Gasteiger partial charge in [0.2, 0.25) is 5.91 Å². The number of hydrogen-bond acceptors (Lipinski definition) is 3. The Morgan fingerprint density at radius 2 is 1.75 bits per heavy atom. The molecule has 132 valence electrons. The largest absolute Gasteiger partial charge is 0.340 e. The van der Waals surface area contributed by atoms with Crippen molar-refractivity contribution in [2.24, 2.45) is 5.92 Å². The Labute approximate surface area is 146 Å². The van der Waals surface area contributed by atoms with Crippen LogP contribution in [0.5, 0.6) is 0 Å². The average molecular weight is 329 g/mol. The second-order valence-corrected chi connectivity index (χ2v) is 7.58. The summed E-state index contributed by atoms with van der Waals surface area (Å²) in [6.45, 7) is 13.6. The lowest BCUT2D eigenvalue weighted by Gasteiger charge is -2.39. The number of benzene rings is 1. The van der Waals surface area contributed by atoms with Crippen LogP contribution in [0.4, 0.5) is 0 Å². The second-order valence-electron chi connectivity index (χ2n) is 7.58. The second kappa shape index (κ2) is 7.66. The van der Waals surface area contributed by atoms with Crippen molar-refractivity contribution in [3.8, 4) is 0 Å². The summed E-state index contributed by atoms with van der Waals surface area (Å²) >= 11 is 0. The van der Waals surface area contributed by atoms with Crippen molar-refractivity contribution in [3.05, 3.63) is 35.4 Å². The molecular weight excluding hydrogens is 298 g/mol. The first-order valence-electron chi connectivity index (χ1n) is 9.30. The maximum absolute atomic E-state index is 11.5. The number of piperazine rings is 1. The van der Waals surface area contributed by atoms with E-state index < -0.39 is 0 Å². The van der Waals surface area contributed by atoms with Crippen molar-refractivity contribution in [2.45, 2.75) is 33.2 Å². The minimum atomic E-state index is 0.217. The molecule has 3 rings (SSSR count). The smallest absolute Gasteiger partial charge is 0.219 e. The van der Waals surface area contributed by atoms with Crippen LogP contribution < -0.4 is 0 Å². The van der Waals surface area contributed by atoms with E-state index in [1.807, 2.05) is 4.90 Å². The minimum Gasteiger partial charge on any atom is -0.340 e. The summed E-state index contributed by atoms with van der Waals surface area (Å²) in [4.78, 5) is 18.7. The Morgan fingerprint density at radius 1 is 1.08 bits per heavy atom. The fraction of sp³-hybridized carbons (Fsp3) is 0.650. The third kappa shape index (κ3) is 4.17. The molecule has 1 amide bonds. The van der Waals surface area contributed by atoms with Crippen LogP contribution in [0.1, 0.15) is 25.0 Å². The quantitative estimate of drug-likeness (QED) is 0.846. The van der Waals surface area contributed by atoms with E-state index in [-0.39, 0.29) is 5.91 Å². The van der Waals surface area contributed by atoms with Crippen LogP contribution in [0.25, 0.3) is 0 Å². The third-order valence-electron chi connectivity index (χ3n) is 5.71. The Balaban J connectivity index is 1.48. The summed E-state index contributed by atoms with van der Waals surface area (Å²) in [6.07, 6.45) is 1.14. The molecule has 2 fully saturated rings. The lowest BCUT2D eigenvalue weighted by atomic mass is 10.0. The molecule has 0 aromatic heterocycles. The fourth-order valence-electron chi connectivity index (χ4n) is 4.12. The van der Waals surface area contributed by atoms with E-state index in [2.05, 4.69) is 47.9 Å². The lowest BCUT2D eigenvalue weighted by molar-refractivity contribution is -0.130. The lowest BCUT2D eigenvalue weighted by Crippen LogP contribution is -2.53. The van der Waals surface area contributed by atoms with Gasteiger partial charge in [0.15, 0.2) is 0 Å². The van der Waals surface area contributed by atoms with Crippen molar-refractivity contribution in [1.29, 1.82) is 0 Å². The number of aryl methyl sites for hydroxylation is 1. The number of hydrogen-bond donors (Lipinski definition) is 0. The maximum atomic E-state index is 11.5. The molecule has 2 aliphatic heterocycles. The molecule has 0 spiro atoms. The topological polar surface area (TPSA) is 26.8 Å². The molecule has 4 heteroatoms. The zero-order valence-corrected chi connectivity index (χ0v) is 15.4. The van der Waals surface area contributed by atoms with Gasteiger partial charge in [0.05, 0.1) is 0 Å². The minimum absolute atomic E-state index is 0.217. The van der Waals surface area contributed by atoms with Crippen molar-refractivity contribution in [2.75, 3.05) is 45.8 Å². The first-order chi connectivity index (χ1) is 11.5. The zero-order chi connectivity index (χ0) is 17.1. The highest BCUT2D eigenvalue weighted by atomic mass is 16.2. The van der Waals surface area contributed by atoms with Gasteiger partial charge in [0, 0.05) is 58.8 Å². The number of amides is 1. The molecule has 2 heterocycles. The predicted molar refractivity (Wildman–Crippen MR) is 98.1 cm³/mol. The van der Waals surface area contributed by atoms with E-state index in [1.165, 1.54) is 24.2 Å². The van der Waals surface area contributed by atoms with Crippen molar-refractivity contribution in [3.63, 3.8) is 0 Å². The normalized spacial score (nSPS) is 26.0. The van der Waals surface area contributed by atoms with Crippen molar-refractivity contribution >= 4 is 5.91 Å². The molecule has 0 unspecified atom stereocenters. The van der Waals surface area contributed by atoms with Crippen molar-refractivity contribution < 1.29 is 4.79 Å². The van der Waals surface area contributed by atoms with Gasteiger partial charge in [0.1, 0.15) is 0 Å². The number of carbonyl (C=O) groups excluding carboxylic acids is 1. The maximum Gasteiger partial charge on any atom is 0.219 e. The molecular formula is C20H31N3O. The molecule has 4 nitrogen and oxygen atoms in total. The molecule has 0 N–H and O–H groups in total. The van der Waals surface area contributed by atoms with E-state index in [9.17, 15) is 4.79 Å². The first-order valence-corrected chi connectivity index (χ1v) is 9.30. The number of carbonyl (C=O) groups is 1. The standard InChI is InChI=1S/C20H31N3O/c1-16-4-6-19(7-5-16)8-9-21-14-17(2)20(15-21)23-12-10-22(11-13-23)18(3)24/h4-7,17,20H,8-15H2,1-3H3/t17-,20+/m1/s1. The van der Waals surface area contributed by atoms with Crippen molar-refractivity contribution in [1.82, 2.24) is 14.7 Å². The van der Waals surface area contributed by atoms with Crippen LogP contribution in [0.3, 0.4) is 0 Å². The van der Waals surface area contributed by atoms with Gasteiger partial charge in [-0.05, 0) is 24.8 Å². The van der Waals surface area contributed by atoms with Gasteiger partial charge in [-0.2, -0.15) is 0 Å². The summed E-state index contributed by atoms with van der Waals surface area (Å²) < 4.78 is 0. The monoisotopic (exact) mass is 329 g/mol. The van der Waals surface area contributed by atoms with Gasteiger partial charge in [-0.15, -0.1) is 0 Å². The summed E-state index contributed by atoms with van der Waals surface area (Å²) in [5.74, 6) is 0.931. The summed E-state index contributed by atoms with van der Waals surface area (Å²) in [6, 6.07) is 9.58. The van der Waals surface area contributed by atoms with Crippen LogP contribution in [0.2, 0.25) is 0 Å². The first kappa shape index (κ1) is 17.4. The molecule has 0 saturated carbocycles. The third-order valence-corrected chi connectivity index (χ3v) is 5.71. The van der Waals surface area contributed by atoms with Crippen LogP contribution in [-0.2, 0) is 11.2 Å². The Bertz CT molecular complexity index is 549. The highest BCUT2D eigenvalue weighted by Crippen LogP contribution is 2.23. The van der Waals surface area contributed by atoms with Crippen LogP contribution >= 0.6 is 0 Å². The Hall–Kier alpha value is -1.39. The average Bonchev–Trinajstić information content (AvgIpc) is 2.95. The highest BCUT2D eigenvalue weighted by molar-refractivity contribution is 5.73. The van der Waals surface area contributed by atoms with Gasteiger partial charge < -0.3 is 9.80 Å². The number of rotatable bonds is 4. The molecule has 2 atom stereocenters. The summed E-state index contributed by atoms with van der Waals surface area (Å²) in [5.41, 5.74) is 2.77. The number of nitrogens with zero attached hydrogens (tertiary/aromatic N) is 3. The summed E-state index contributed by atoms with van der Waals surface area (Å²) in [7, 11) is 0. The number of likely N-dealkylation sites (tertiary alicyclic amines) is 1. The van der Waals surface area contributed by atoms with Crippen LogP contribution in [0.15, 0.2) is 24.3 Å². The van der Waals surface area contributed by atoms with E-state index in [1.54, 1.807) is 6.92 Å². The Kier molecular flexibility index (Phi) is 5.57. The molecule has 0 radical (unpaired) electrons. The fourth-order valence-corrected chi connectivity index (χ4v) is 4.12. The zero-order valence-electron chi connectivity index (χ0n) is 15.4. The van der Waals surface area contributed by atoms with Gasteiger partial charge in [0.25, 0.3) is 0 Å². The SMILES string of the molecule is CC(=O)N1CCN([C@H]2CN(CCc3ccc(C)cc3)C[C@H]2C)CC1. The molecule has 0 aliphatic carbocycles. The van der Waals surface area contributed by atoms with Crippen LogP contribution in [0, 0.1) is 12.8 Å². The molecule has 0 bridgehead atoms. The molecule has 2 aliphatic rings. The molecule has 1 aromatic rings. The molecule has 24 heavy (non-hydrogen) atoms. The van der Waals surface area contributed by atoms with Gasteiger partial charge >= 0.3 is 0 Å². The molecule has 1 aromatic carbocycles. The molecule has 2 saturated heterocycles. The van der Waals surface area contributed by atoms with E-state index in [0.29, 0.717) is 12.0 Å². The van der Waals surface area contributed by atoms with E-state index >= 15 is 0 Å². The predicted octanol–water partition coefficient (Wildman–Crippen LogP) is 2.02. The van der Waals surface area contributed by atoms with Gasteiger partial charge in [-0.3, -0.25) is 9.69 Å². The van der Waals surface area contributed by atoms with Gasteiger partial charge in [-0.1, -0.05) is 36.8 Å². The Morgan fingerprint density at radius 3 is 2.38 bits per heavy atom.